The summed E-state index contributed by atoms with van der Waals surface area (Å²) >= 11 is 0. The number of carbonyl (C=O) groups is 1. The minimum atomic E-state index is -0.743. The normalized spacial score (nSPS) is 21.1. The van der Waals surface area contributed by atoms with Gasteiger partial charge < -0.3 is 9.84 Å². The van der Waals surface area contributed by atoms with Gasteiger partial charge in [0.2, 0.25) is 0 Å². The molecule has 0 aromatic heterocycles. The first-order valence-electron chi connectivity index (χ1n) is 5.44. The van der Waals surface area contributed by atoms with E-state index in [-0.39, 0.29) is 18.1 Å². The van der Waals surface area contributed by atoms with Gasteiger partial charge in [-0.05, 0) is 26.7 Å². The zero-order valence-electron chi connectivity index (χ0n) is 9.08. The molecule has 1 rings (SSSR count). The zero-order chi connectivity index (χ0) is 10.6. The average Bonchev–Trinajstić information content (AvgIpc) is 2.01. The summed E-state index contributed by atoms with van der Waals surface area (Å²) in [6.45, 7) is 3.94. The molecule has 0 atom stereocenters. The van der Waals surface area contributed by atoms with Gasteiger partial charge in [0, 0.05) is 0 Å². The topological polar surface area (TPSA) is 46.5 Å². The summed E-state index contributed by atoms with van der Waals surface area (Å²) in [6, 6.07) is 0. The molecule has 3 heteroatoms. The van der Waals surface area contributed by atoms with E-state index >= 15 is 0 Å². The van der Waals surface area contributed by atoms with Crippen LogP contribution in [0.4, 0.5) is 0 Å². The standard InChI is InChI=1S/C11H20O3/c1-9(2)14-11(8-10(12)13)6-4-3-5-7-11/h9H,3-8H2,1-2H3,(H,12,13). The molecule has 0 saturated heterocycles. The third-order valence-electron chi connectivity index (χ3n) is 2.72. The Bertz CT molecular complexity index is 193. The Labute approximate surface area is 85.5 Å². The second kappa shape index (κ2) is 4.78. The van der Waals surface area contributed by atoms with Crippen LogP contribution in [0.1, 0.15) is 52.4 Å². The zero-order valence-corrected chi connectivity index (χ0v) is 9.08. The van der Waals surface area contributed by atoms with Crippen LogP contribution in [0.15, 0.2) is 0 Å². The summed E-state index contributed by atoms with van der Waals surface area (Å²) in [4.78, 5) is 10.8. The fourth-order valence-electron chi connectivity index (χ4n) is 2.31. The molecule has 1 aliphatic rings. The Kier molecular flexibility index (Phi) is 3.93. The molecule has 14 heavy (non-hydrogen) atoms. The van der Waals surface area contributed by atoms with Crippen molar-refractivity contribution in [3.05, 3.63) is 0 Å². The molecule has 0 heterocycles. The van der Waals surface area contributed by atoms with Crippen LogP contribution < -0.4 is 0 Å². The number of rotatable bonds is 4. The van der Waals surface area contributed by atoms with Gasteiger partial charge in [0.05, 0.1) is 18.1 Å². The van der Waals surface area contributed by atoms with E-state index in [9.17, 15) is 4.79 Å². The van der Waals surface area contributed by atoms with Crippen LogP contribution in [0.5, 0.6) is 0 Å². The van der Waals surface area contributed by atoms with E-state index in [0.29, 0.717) is 0 Å². The van der Waals surface area contributed by atoms with E-state index in [1.807, 2.05) is 13.8 Å². The smallest absolute Gasteiger partial charge is 0.306 e. The summed E-state index contributed by atoms with van der Waals surface area (Å²) in [5, 5.41) is 8.86. The molecule has 0 aromatic rings. The number of ether oxygens (including phenoxy) is 1. The monoisotopic (exact) mass is 200 g/mol. The van der Waals surface area contributed by atoms with Crippen LogP contribution in [-0.4, -0.2) is 22.8 Å². The lowest BCUT2D eigenvalue weighted by Gasteiger charge is -2.37. The Morgan fingerprint density at radius 3 is 2.36 bits per heavy atom. The number of hydrogen-bond acceptors (Lipinski definition) is 2. The maximum absolute atomic E-state index is 10.8. The van der Waals surface area contributed by atoms with Gasteiger partial charge in [-0.25, -0.2) is 0 Å². The van der Waals surface area contributed by atoms with Crippen molar-refractivity contribution >= 4 is 5.97 Å². The minimum Gasteiger partial charge on any atom is -0.481 e. The van der Waals surface area contributed by atoms with E-state index in [1.165, 1.54) is 6.42 Å². The Morgan fingerprint density at radius 2 is 1.93 bits per heavy atom. The lowest BCUT2D eigenvalue weighted by atomic mass is 9.82. The predicted molar refractivity (Wildman–Crippen MR) is 54.3 cm³/mol. The van der Waals surface area contributed by atoms with Gasteiger partial charge in [-0.2, -0.15) is 0 Å². The van der Waals surface area contributed by atoms with E-state index in [4.69, 9.17) is 9.84 Å². The lowest BCUT2D eigenvalue weighted by Crippen LogP contribution is -2.39. The molecule has 0 bridgehead atoms. The highest BCUT2D eigenvalue weighted by Crippen LogP contribution is 2.35. The SMILES string of the molecule is CC(C)OC1(CC(=O)O)CCCCC1. The van der Waals surface area contributed by atoms with Crippen molar-refractivity contribution in [2.24, 2.45) is 0 Å². The number of carboxylic acids is 1. The molecule has 0 unspecified atom stereocenters. The molecule has 1 saturated carbocycles. The maximum atomic E-state index is 10.8. The van der Waals surface area contributed by atoms with Crippen molar-refractivity contribution in [2.75, 3.05) is 0 Å². The first-order valence-corrected chi connectivity index (χ1v) is 5.44. The highest BCUT2D eigenvalue weighted by Gasteiger charge is 2.36. The molecule has 1 N–H and O–H groups in total. The first kappa shape index (κ1) is 11.5. The summed E-state index contributed by atoms with van der Waals surface area (Å²) < 4.78 is 5.81. The maximum Gasteiger partial charge on any atom is 0.306 e. The van der Waals surface area contributed by atoms with E-state index < -0.39 is 5.97 Å². The van der Waals surface area contributed by atoms with Gasteiger partial charge in [0.25, 0.3) is 0 Å². The van der Waals surface area contributed by atoms with Crippen LogP contribution in [0, 0.1) is 0 Å². The van der Waals surface area contributed by atoms with Crippen molar-refractivity contribution in [1.29, 1.82) is 0 Å². The second-order valence-corrected chi connectivity index (χ2v) is 4.48. The van der Waals surface area contributed by atoms with Crippen LogP contribution in [0.2, 0.25) is 0 Å². The highest BCUT2D eigenvalue weighted by molar-refractivity contribution is 5.68. The molecule has 0 spiro atoms. The summed E-state index contributed by atoms with van der Waals surface area (Å²) in [7, 11) is 0. The molecule has 82 valence electrons. The number of aliphatic carboxylic acids is 1. The van der Waals surface area contributed by atoms with Gasteiger partial charge in [0.15, 0.2) is 0 Å². The fraction of sp³-hybridized carbons (Fsp3) is 0.909. The highest BCUT2D eigenvalue weighted by atomic mass is 16.5. The second-order valence-electron chi connectivity index (χ2n) is 4.48. The first-order chi connectivity index (χ1) is 6.54. The van der Waals surface area contributed by atoms with Gasteiger partial charge in [-0.15, -0.1) is 0 Å². The van der Waals surface area contributed by atoms with E-state index in [0.717, 1.165) is 25.7 Å². The van der Waals surface area contributed by atoms with Crippen molar-refractivity contribution in [1.82, 2.24) is 0 Å². The predicted octanol–water partition coefficient (Wildman–Crippen LogP) is 2.59. The van der Waals surface area contributed by atoms with Crippen molar-refractivity contribution in [3.63, 3.8) is 0 Å². The Balaban J connectivity index is 2.61. The van der Waals surface area contributed by atoms with Crippen molar-refractivity contribution in [3.8, 4) is 0 Å². The summed E-state index contributed by atoms with van der Waals surface area (Å²) in [5.41, 5.74) is -0.377. The van der Waals surface area contributed by atoms with Gasteiger partial charge in [0.1, 0.15) is 0 Å². The number of hydrogen-bond donors (Lipinski definition) is 1. The molecule has 0 radical (unpaired) electrons. The summed E-state index contributed by atoms with van der Waals surface area (Å²) in [6.07, 6.45) is 5.48. The lowest BCUT2D eigenvalue weighted by molar-refractivity contribution is -0.153. The third-order valence-corrected chi connectivity index (χ3v) is 2.72. The molecule has 0 amide bonds. The van der Waals surface area contributed by atoms with Gasteiger partial charge in [-0.1, -0.05) is 19.3 Å². The molecule has 3 nitrogen and oxygen atoms in total. The molecule has 0 aliphatic heterocycles. The Hall–Kier alpha value is -0.570. The van der Waals surface area contributed by atoms with Crippen LogP contribution >= 0.6 is 0 Å². The quantitative estimate of drug-likeness (QED) is 0.758. The van der Waals surface area contributed by atoms with Crippen molar-refractivity contribution in [2.45, 2.75) is 64.1 Å². The van der Waals surface area contributed by atoms with Crippen molar-refractivity contribution < 1.29 is 14.6 Å². The van der Waals surface area contributed by atoms with Crippen LogP contribution in [-0.2, 0) is 9.53 Å². The number of carboxylic acid groups (broad SMARTS) is 1. The average molecular weight is 200 g/mol. The third kappa shape index (κ3) is 3.29. The van der Waals surface area contributed by atoms with Crippen LogP contribution in [0.25, 0.3) is 0 Å². The molecule has 1 fully saturated rings. The fourth-order valence-corrected chi connectivity index (χ4v) is 2.31. The largest absolute Gasteiger partial charge is 0.481 e. The summed E-state index contributed by atoms with van der Waals surface area (Å²) in [5.74, 6) is -0.743. The molecular weight excluding hydrogens is 180 g/mol. The molecule has 0 aromatic carbocycles. The van der Waals surface area contributed by atoms with E-state index in [1.54, 1.807) is 0 Å². The Morgan fingerprint density at radius 1 is 1.36 bits per heavy atom. The minimum absolute atomic E-state index is 0.118. The van der Waals surface area contributed by atoms with Crippen LogP contribution in [0.3, 0.4) is 0 Å². The van der Waals surface area contributed by atoms with Gasteiger partial charge in [-0.3, -0.25) is 4.79 Å². The molecular formula is C11H20O3. The molecule has 1 aliphatic carbocycles. The van der Waals surface area contributed by atoms with E-state index in [2.05, 4.69) is 0 Å². The van der Waals surface area contributed by atoms with Gasteiger partial charge >= 0.3 is 5.97 Å².